The minimum atomic E-state index is -1.81. The number of nitrogens with one attached hydrogen (secondary N) is 5. The molecule has 3 rings (SSSR count). The summed E-state index contributed by atoms with van der Waals surface area (Å²) in [6.07, 6.45) is -0.974. The number of aliphatic hydroxyl groups excluding tert-OH is 1. The summed E-state index contributed by atoms with van der Waals surface area (Å²) < 4.78 is 31.7. The zero-order chi connectivity index (χ0) is 58.6. The second kappa shape index (κ2) is 30.0. The molecule has 23 nitrogen and oxygen atoms in total. The first kappa shape index (κ1) is 64.2. The molecule has 0 saturated carbocycles. The predicted molar refractivity (Wildman–Crippen MR) is 277 cm³/mol. The number of likely N-dealkylation sites (N-methyl/N-ethyl adjacent to an activating group) is 1. The summed E-state index contributed by atoms with van der Waals surface area (Å²) in [6, 6.07) is 4.95. The van der Waals surface area contributed by atoms with Crippen LogP contribution in [-0.2, 0) is 59.3 Å². The summed E-state index contributed by atoms with van der Waals surface area (Å²) >= 11 is 0. The van der Waals surface area contributed by atoms with Crippen LogP contribution in [0.3, 0.4) is 0 Å². The fourth-order valence-electron chi connectivity index (χ4n) is 8.37. The highest BCUT2D eigenvalue weighted by Gasteiger charge is 2.39. The average molecular weight is 1100 g/mol. The second-order valence-electron chi connectivity index (χ2n) is 19.9. The zero-order valence-corrected chi connectivity index (χ0v) is 44.7. The maximum atomic E-state index is 15.4. The number of aromatic nitrogens is 1. The SMILES string of the molecule is CC(=O)CCCC(=O)N[C@@H](C)C(=O)N(C)[C@@H](C)C(=O)N[C@@H](CC(N)=O)C(=O)N[C@@H](CCN(C(=O)CO)[C@@H](c1cc(-c2cc(F)ccc2F)cn1Cc1ccccc1)C(C)(C)C)C(=O)NCCC(=O)N[C@H](CCC(=O)O)C(=O)O. The summed E-state index contributed by atoms with van der Waals surface area (Å²) in [5.74, 6) is -11.7. The van der Waals surface area contributed by atoms with Crippen molar-refractivity contribution in [1.29, 1.82) is 0 Å². The number of Topliss-reactive ketones (excluding diaryl/α,β-unsaturated/α-hetero) is 1. The van der Waals surface area contributed by atoms with E-state index in [1.807, 2.05) is 12.1 Å². The third-order valence-electron chi connectivity index (χ3n) is 12.5. The summed E-state index contributed by atoms with van der Waals surface area (Å²) in [6.45, 7) is 7.51. The number of nitrogens with two attached hydrogens (primary N) is 1. The minimum Gasteiger partial charge on any atom is -0.481 e. The Morgan fingerprint density at radius 1 is 0.756 bits per heavy atom. The van der Waals surface area contributed by atoms with Crippen LogP contribution < -0.4 is 32.3 Å². The maximum absolute atomic E-state index is 15.4. The number of aliphatic carboxylic acids is 2. The van der Waals surface area contributed by atoms with Gasteiger partial charge in [-0.1, -0.05) is 51.1 Å². The lowest BCUT2D eigenvalue weighted by Gasteiger charge is -2.41. The number of hydrogen-bond donors (Lipinski definition) is 9. The Morgan fingerprint density at radius 3 is 1.99 bits per heavy atom. The Labute approximate surface area is 450 Å². The van der Waals surface area contributed by atoms with Crippen LogP contribution in [0.1, 0.15) is 110 Å². The number of benzene rings is 2. The van der Waals surface area contributed by atoms with Crippen molar-refractivity contribution in [2.75, 3.05) is 26.7 Å². The first-order valence-electron chi connectivity index (χ1n) is 25.1. The van der Waals surface area contributed by atoms with Gasteiger partial charge in [-0.15, -0.1) is 0 Å². The van der Waals surface area contributed by atoms with E-state index in [1.165, 1.54) is 32.7 Å². The predicted octanol–water partition coefficient (Wildman–Crippen LogP) is 1.68. The zero-order valence-electron chi connectivity index (χ0n) is 44.7. The van der Waals surface area contributed by atoms with Crippen molar-refractivity contribution in [3.63, 3.8) is 0 Å². The molecule has 0 aliphatic carbocycles. The van der Waals surface area contributed by atoms with E-state index < -0.39 is 164 Å². The molecule has 10 N–H and O–H groups in total. The number of primary amides is 1. The lowest BCUT2D eigenvalue weighted by molar-refractivity contribution is -0.143. The number of rotatable bonds is 31. The van der Waals surface area contributed by atoms with Crippen molar-refractivity contribution in [1.82, 2.24) is 41.0 Å². The van der Waals surface area contributed by atoms with Crippen LogP contribution in [0.2, 0.25) is 0 Å². The van der Waals surface area contributed by atoms with Gasteiger partial charge in [-0.3, -0.25) is 43.2 Å². The molecular formula is C53H71F2N9O14. The van der Waals surface area contributed by atoms with Crippen LogP contribution in [0.5, 0.6) is 0 Å². The lowest BCUT2D eigenvalue weighted by atomic mass is 9.82. The van der Waals surface area contributed by atoms with Gasteiger partial charge < -0.3 is 66.8 Å². The third-order valence-corrected chi connectivity index (χ3v) is 12.5. The van der Waals surface area contributed by atoms with Gasteiger partial charge in [0.05, 0.1) is 12.5 Å². The molecular weight excluding hydrogens is 1020 g/mol. The Morgan fingerprint density at radius 2 is 1.40 bits per heavy atom. The van der Waals surface area contributed by atoms with Gasteiger partial charge in [0.2, 0.25) is 47.3 Å². The molecule has 25 heteroatoms. The van der Waals surface area contributed by atoms with Crippen molar-refractivity contribution in [2.24, 2.45) is 11.1 Å². The number of carboxylic acids is 2. The van der Waals surface area contributed by atoms with E-state index in [-0.39, 0.29) is 42.7 Å². The number of aliphatic hydroxyl groups is 1. The molecule has 8 amide bonds. The molecule has 0 bridgehead atoms. The molecule has 0 aliphatic heterocycles. The largest absolute Gasteiger partial charge is 0.481 e. The van der Waals surface area contributed by atoms with Gasteiger partial charge in [0, 0.05) is 75.4 Å². The van der Waals surface area contributed by atoms with Crippen LogP contribution in [0.25, 0.3) is 11.1 Å². The summed E-state index contributed by atoms with van der Waals surface area (Å²) in [7, 11) is 1.25. The van der Waals surface area contributed by atoms with E-state index >= 15 is 4.39 Å². The third kappa shape index (κ3) is 20.1. The van der Waals surface area contributed by atoms with Gasteiger partial charge in [0.1, 0.15) is 54.2 Å². The van der Waals surface area contributed by atoms with E-state index in [4.69, 9.17) is 10.8 Å². The standard InChI is InChI=1S/C53H71F2N9O14/c1-30(66)12-11-15-43(68)58-31(2)51(76)62(7)32(3)48(73)61-40(26-42(56)67)50(75)60-38(49(74)57-22-20-44(69)59-39(52(77)78)18-19-46(71)72)21-23-64(45(70)29-65)47(53(4,5)6)41-24-34(36-25-35(54)16-17-37(36)55)28-63(41)27-33-13-9-8-10-14-33/h8-10,13-14,16-17,24-25,28,31-32,38-40,47,65H,11-12,15,18-23,26-27,29H2,1-7H3,(H2,56,67)(H,57,74)(H,58,68)(H,59,69)(H,60,75)(H,61,73)(H,71,72)(H,77,78)/t31-,32-,38-,39+,40-,47-/m0/s1. The molecule has 0 spiro atoms. The van der Waals surface area contributed by atoms with Crippen LogP contribution in [0.15, 0.2) is 60.8 Å². The maximum Gasteiger partial charge on any atom is 0.326 e. The Hall–Kier alpha value is -8.09. The number of carbonyl (C=O) groups excluding carboxylic acids is 9. The van der Waals surface area contributed by atoms with Crippen molar-refractivity contribution in [3.8, 4) is 11.1 Å². The van der Waals surface area contributed by atoms with Gasteiger partial charge in [0.25, 0.3) is 0 Å². The quantitative estimate of drug-likeness (QED) is 0.0443. The molecule has 6 atom stereocenters. The van der Waals surface area contributed by atoms with E-state index in [0.29, 0.717) is 5.69 Å². The van der Waals surface area contributed by atoms with Gasteiger partial charge in [-0.25, -0.2) is 13.6 Å². The monoisotopic (exact) mass is 1100 g/mol. The number of amides is 8. The molecule has 1 aromatic heterocycles. The molecule has 0 fully saturated rings. The first-order chi connectivity index (χ1) is 36.5. The summed E-state index contributed by atoms with van der Waals surface area (Å²) in [5.41, 5.74) is 5.87. The first-order valence-corrected chi connectivity index (χ1v) is 25.1. The van der Waals surface area contributed by atoms with Crippen molar-refractivity contribution < 1.29 is 76.8 Å². The number of ketones is 1. The molecule has 0 radical (unpaired) electrons. The Bertz CT molecular complexity index is 2660. The van der Waals surface area contributed by atoms with Crippen LogP contribution in [0, 0.1) is 17.0 Å². The molecule has 1 heterocycles. The average Bonchev–Trinajstić information content (AvgIpc) is 3.76. The van der Waals surface area contributed by atoms with E-state index in [9.17, 15) is 67.3 Å². The van der Waals surface area contributed by atoms with Crippen LogP contribution in [0.4, 0.5) is 8.78 Å². The molecule has 2 aromatic carbocycles. The topological polar surface area (TPSA) is 346 Å². The highest BCUT2D eigenvalue weighted by atomic mass is 19.1. The Kier molecular flexibility index (Phi) is 24.7. The second-order valence-corrected chi connectivity index (χ2v) is 19.9. The number of hydrogen-bond acceptors (Lipinski definition) is 12. The normalized spacial score (nSPS) is 13.5. The molecule has 0 saturated heterocycles. The number of carbonyl (C=O) groups is 11. The Balaban J connectivity index is 2.05. The van der Waals surface area contributed by atoms with Gasteiger partial charge in [0.15, 0.2) is 0 Å². The smallest absolute Gasteiger partial charge is 0.326 e. The number of carboxylic acid groups (broad SMARTS) is 2. The van der Waals surface area contributed by atoms with Gasteiger partial charge in [-0.05, 0) is 75.3 Å². The minimum absolute atomic E-state index is 0.0460. The highest BCUT2D eigenvalue weighted by Crippen LogP contribution is 2.41. The van der Waals surface area contributed by atoms with Crippen LogP contribution in [-0.4, -0.2) is 152 Å². The molecule has 0 aliphatic rings. The van der Waals surface area contributed by atoms with E-state index in [1.54, 1.807) is 55.8 Å². The summed E-state index contributed by atoms with van der Waals surface area (Å²) in [5, 5.41) is 41.0. The van der Waals surface area contributed by atoms with Crippen molar-refractivity contribution in [2.45, 2.75) is 136 Å². The molecule has 426 valence electrons. The number of halogens is 2. The van der Waals surface area contributed by atoms with E-state index in [2.05, 4.69) is 26.6 Å². The van der Waals surface area contributed by atoms with Crippen molar-refractivity contribution in [3.05, 3.63) is 83.7 Å². The number of nitrogens with zero attached hydrogens (tertiary/aromatic N) is 3. The molecule has 3 aromatic rings. The summed E-state index contributed by atoms with van der Waals surface area (Å²) in [4.78, 5) is 143. The molecule has 0 unspecified atom stereocenters. The van der Waals surface area contributed by atoms with Gasteiger partial charge >= 0.3 is 11.9 Å². The fourth-order valence-corrected chi connectivity index (χ4v) is 8.37. The highest BCUT2D eigenvalue weighted by molar-refractivity contribution is 5.97. The lowest BCUT2D eigenvalue weighted by Crippen LogP contribution is -2.58. The molecule has 78 heavy (non-hydrogen) atoms. The van der Waals surface area contributed by atoms with Crippen molar-refractivity contribution >= 4 is 65.0 Å². The van der Waals surface area contributed by atoms with Gasteiger partial charge in [-0.2, -0.15) is 0 Å². The van der Waals surface area contributed by atoms with E-state index in [0.717, 1.165) is 28.7 Å². The van der Waals surface area contributed by atoms with Crippen LogP contribution >= 0.6 is 0 Å². The fraction of sp³-hybridized carbons (Fsp3) is 0.491.